The van der Waals surface area contributed by atoms with Crippen molar-refractivity contribution in [3.05, 3.63) is 56.5 Å². The fourth-order valence-corrected chi connectivity index (χ4v) is 4.46. The van der Waals surface area contributed by atoms with Crippen LogP contribution in [0.15, 0.2) is 30.3 Å². The number of benzene rings is 2. The Morgan fingerprint density at radius 2 is 1.77 bits per heavy atom. The van der Waals surface area contributed by atoms with E-state index in [0.717, 1.165) is 62.8 Å². The van der Waals surface area contributed by atoms with Gasteiger partial charge in [-0.3, -0.25) is 4.90 Å². The first-order chi connectivity index (χ1) is 12.6. The minimum absolute atomic E-state index is 0.618. The van der Waals surface area contributed by atoms with Crippen molar-refractivity contribution in [3.8, 4) is 0 Å². The van der Waals surface area contributed by atoms with Crippen LogP contribution in [-0.2, 0) is 12.8 Å². The maximum absolute atomic E-state index is 6.47. The number of hydrogen-bond donors (Lipinski definition) is 1. The van der Waals surface area contributed by atoms with Crippen LogP contribution < -0.4 is 10.2 Å². The molecule has 0 aliphatic carbocycles. The van der Waals surface area contributed by atoms with E-state index in [1.807, 2.05) is 18.2 Å². The van der Waals surface area contributed by atoms with Gasteiger partial charge in [-0.15, -0.1) is 0 Å². The van der Waals surface area contributed by atoms with Crippen molar-refractivity contribution in [2.45, 2.75) is 12.8 Å². The predicted molar refractivity (Wildman–Crippen MR) is 112 cm³/mol. The summed E-state index contributed by atoms with van der Waals surface area (Å²) in [5, 5.41) is 5.53. The van der Waals surface area contributed by atoms with Gasteiger partial charge in [0.1, 0.15) is 0 Å². The molecule has 138 valence electrons. The SMILES string of the molecule is Clc1cc2c(cc1CCN1CCN(c3cccc(Cl)c3Cl)CC1)CCN2. The third-order valence-electron chi connectivity index (χ3n) is 5.32. The van der Waals surface area contributed by atoms with E-state index >= 15 is 0 Å². The lowest BCUT2D eigenvalue weighted by atomic mass is 10.1. The monoisotopic (exact) mass is 409 g/mol. The lowest BCUT2D eigenvalue weighted by molar-refractivity contribution is 0.261. The van der Waals surface area contributed by atoms with E-state index in [9.17, 15) is 0 Å². The Bertz CT molecular complexity index is 801. The first kappa shape index (κ1) is 18.2. The fourth-order valence-electron chi connectivity index (χ4n) is 3.79. The topological polar surface area (TPSA) is 18.5 Å². The largest absolute Gasteiger partial charge is 0.384 e. The Kier molecular flexibility index (Phi) is 5.51. The molecule has 0 unspecified atom stereocenters. The molecular formula is C20H22Cl3N3. The molecule has 0 aromatic heterocycles. The maximum Gasteiger partial charge on any atom is 0.0825 e. The van der Waals surface area contributed by atoms with Crippen LogP contribution in [0.1, 0.15) is 11.1 Å². The number of halogens is 3. The quantitative estimate of drug-likeness (QED) is 0.767. The molecule has 2 aromatic carbocycles. The molecule has 2 heterocycles. The highest BCUT2D eigenvalue weighted by Crippen LogP contribution is 2.33. The second kappa shape index (κ2) is 7.85. The summed E-state index contributed by atoms with van der Waals surface area (Å²) in [7, 11) is 0. The van der Waals surface area contributed by atoms with Gasteiger partial charge in [0.15, 0.2) is 0 Å². The highest BCUT2D eigenvalue weighted by atomic mass is 35.5. The van der Waals surface area contributed by atoms with Gasteiger partial charge in [0.2, 0.25) is 0 Å². The molecule has 2 aliphatic rings. The normalized spacial score (nSPS) is 17.3. The van der Waals surface area contributed by atoms with Crippen molar-refractivity contribution in [2.75, 3.05) is 49.5 Å². The van der Waals surface area contributed by atoms with Crippen molar-refractivity contribution < 1.29 is 0 Å². The molecular weight excluding hydrogens is 389 g/mol. The lowest BCUT2D eigenvalue weighted by Crippen LogP contribution is -2.47. The van der Waals surface area contributed by atoms with Crippen molar-refractivity contribution in [2.24, 2.45) is 0 Å². The molecule has 26 heavy (non-hydrogen) atoms. The molecule has 0 amide bonds. The van der Waals surface area contributed by atoms with Crippen LogP contribution in [-0.4, -0.2) is 44.2 Å². The zero-order chi connectivity index (χ0) is 18.1. The Hall–Kier alpha value is -1.13. The van der Waals surface area contributed by atoms with Crippen molar-refractivity contribution in [1.29, 1.82) is 0 Å². The Morgan fingerprint density at radius 3 is 2.58 bits per heavy atom. The molecule has 1 N–H and O–H groups in total. The molecule has 6 heteroatoms. The Balaban J connectivity index is 1.34. The van der Waals surface area contributed by atoms with Gasteiger partial charge in [0.05, 0.1) is 15.7 Å². The summed E-state index contributed by atoms with van der Waals surface area (Å²) in [6.07, 6.45) is 2.09. The van der Waals surface area contributed by atoms with Gasteiger partial charge in [0.25, 0.3) is 0 Å². The van der Waals surface area contributed by atoms with E-state index in [-0.39, 0.29) is 0 Å². The van der Waals surface area contributed by atoms with Crippen LogP contribution in [0.5, 0.6) is 0 Å². The van der Waals surface area contributed by atoms with Crippen molar-refractivity contribution in [1.82, 2.24) is 4.90 Å². The van der Waals surface area contributed by atoms with Gasteiger partial charge in [-0.25, -0.2) is 0 Å². The first-order valence-corrected chi connectivity index (χ1v) is 10.2. The molecule has 0 spiro atoms. The second-order valence-corrected chi connectivity index (χ2v) is 8.12. The average molecular weight is 411 g/mol. The van der Waals surface area contributed by atoms with Crippen LogP contribution in [0.4, 0.5) is 11.4 Å². The minimum Gasteiger partial charge on any atom is -0.384 e. The van der Waals surface area contributed by atoms with Crippen molar-refractivity contribution in [3.63, 3.8) is 0 Å². The van der Waals surface area contributed by atoms with Gasteiger partial charge in [-0.1, -0.05) is 46.9 Å². The van der Waals surface area contributed by atoms with Gasteiger partial charge in [-0.2, -0.15) is 0 Å². The molecule has 4 rings (SSSR count). The third kappa shape index (κ3) is 3.77. The Labute approximate surface area is 169 Å². The number of nitrogens with zero attached hydrogens (tertiary/aromatic N) is 2. The number of fused-ring (bicyclic) bond motifs is 1. The standard InChI is InChI=1S/C20H22Cl3N3/c21-16-2-1-3-19(20(16)23)26-10-8-25(9-11-26)7-5-14-12-15-4-6-24-18(15)13-17(14)22/h1-3,12-13,24H,4-11H2. The van der Waals surface area contributed by atoms with E-state index in [4.69, 9.17) is 34.8 Å². The Morgan fingerprint density at radius 1 is 0.962 bits per heavy atom. The number of nitrogens with one attached hydrogen (secondary N) is 1. The van der Waals surface area contributed by atoms with Crippen molar-refractivity contribution >= 4 is 46.2 Å². The molecule has 0 atom stereocenters. The van der Waals surface area contributed by atoms with E-state index in [0.29, 0.717) is 10.0 Å². The van der Waals surface area contributed by atoms with Gasteiger partial charge < -0.3 is 10.2 Å². The summed E-state index contributed by atoms with van der Waals surface area (Å²) in [4.78, 5) is 4.81. The van der Waals surface area contributed by atoms with E-state index in [1.54, 1.807) is 0 Å². The summed E-state index contributed by atoms with van der Waals surface area (Å²) in [5.41, 5.74) is 4.89. The minimum atomic E-state index is 0.618. The zero-order valence-corrected chi connectivity index (χ0v) is 16.8. The first-order valence-electron chi connectivity index (χ1n) is 9.08. The summed E-state index contributed by atoms with van der Waals surface area (Å²) in [6, 6.07) is 10.2. The molecule has 2 aliphatic heterocycles. The lowest BCUT2D eigenvalue weighted by Gasteiger charge is -2.36. The second-order valence-electron chi connectivity index (χ2n) is 6.93. The number of rotatable bonds is 4. The summed E-state index contributed by atoms with van der Waals surface area (Å²) >= 11 is 19.0. The molecule has 0 saturated carbocycles. The molecule has 3 nitrogen and oxygen atoms in total. The zero-order valence-electron chi connectivity index (χ0n) is 14.6. The summed E-state index contributed by atoms with van der Waals surface area (Å²) < 4.78 is 0. The fraction of sp³-hybridized carbons (Fsp3) is 0.400. The number of piperazine rings is 1. The highest BCUT2D eigenvalue weighted by Gasteiger charge is 2.20. The average Bonchev–Trinajstić information content (AvgIpc) is 3.09. The number of hydrogen-bond acceptors (Lipinski definition) is 3. The summed E-state index contributed by atoms with van der Waals surface area (Å²) in [5.74, 6) is 0. The van der Waals surface area contributed by atoms with E-state index in [1.165, 1.54) is 16.8 Å². The van der Waals surface area contributed by atoms with Gasteiger partial charge >= 0.3 is 0 Å². The third-order valence-corrected chi connectivity index (χ3v) is 6.48. The van der Waals surface area contributed by atoms with Gasteiger partial charge in [-0.05, 0) is 42.2 Å². The molecule has 0 bridgehead atoms. The van der Waals surface area contributed by atoms with Crippen LogP contribution >= 0.6 is 34.8 Å². The summed E-state index contributed by atoms with van der Waals surface area (Å²) in [6.45, 7) is 6.01. The molecule has 2 aromatic rings. The van der Waals surface area contributed by atoms with E-state index in [2.05, 4.69) is 27.2 Å². The molecule has 1 saturated heterocycles. The highest BCUT2D eigenvalue weighted by molar-refractivity contribution is 6.43. The number of anilines is 2. The van der Waals surface area contributed by atoms with Crippen LogP contribution in [0.2, 0.25) is 15.1 Å². The molecule has 1 fully saturated rings. The smallest absolute Gasteiger partial charge is 0.0825 e. The van der Waals surface area contributed by atoms with E-state index < -0.39 is 0 Å². The predicted octanol–water partition coefficient (Wildman–Crippen LogP) is 4.98. The van der Waals surface area contributed by atoms with Crippen LogP contribution in [0.3, 0.4) is 0 Å². The van der Waals surface area contributed by atoms with Gasteiger partial charge in [0, 0.05) is 50.0 Å². The van der Waals surface area contributed by atoms with Crippen LogP contribution in [0, 0.1) is 0 Å². The van der Waals surface area contributed by atoms with Crippen LogP contribution in [0.25, 0.3) is 0 Å². The maximum atomic E-state index is 6.47. The molecule has 0 radical (unpaired) electrons.